The Labute approximate surface area is 121 Å². The molecule has 1 heterocycles. The predicted octanol–water partition coefficient (Wildman–Crippen LogP) is 2.08. The quantitative estimate of drug-likeness (QED) is 0.840. The van der Waals surface area contributed by atoms with E-state index in [-0.39, 0.29) is 23.9 Å². The molecule has 1 N–H and O–H groups in total. The van der Waals surface area contributed by atoms with Crippen molar-refractivity contribution in [1.29, 1.82) is 0 Å². The second-order valence-electron chi connectivity index (χ2n) is 7.04. The maximum Gasteiger partial charge on any atom is 0.246 e. The Bertz CT molecular complexity index is 397. The summed E-state index contributed by atoms with van der Waals surface area (Å²) in [5.41, 5.74) is 0. The molecule has 0 spiro atoms. The van der Waals surface area contributed by atoms with Crippen molar-refractivity contribution in [2.75, 3.05) is 0 Å². The third-order valence-electron chi connectivity index (χ3n) is 5.48. The van der Waals surface area contributed by atoms with E-state index in [2.05, 4.69) is 12.2 Å². The van der Waals surface area contributed by atoms with Gasteiger partial charge in [-0.25, -0.2) is 0 Å². The zero-order valence-electron chi connectivity index (χ0n) is 12.6. The normalized spacial score (nSPS) is 39.4. The average Bonchev–Trinajstić information content (AvgIpc) is 2.42. The number of hydrogen-bond donors (Lipinski definition) is 1. The third kappa shape index (κ3) is 2.33. The van der Waals surface area contributed by atoms with Crippen molar-refractivity contribution in [3.05, 3.63) is 0 Å². The van der Waals surface area contributed by atoms with Crippen molar-refractivity contribution in [3.63, 3.8) is 0 Å². The summed E-state index contributed by atoms with van der Waals surface area (Å²) in [7, 11) is 0. The fourth-order valence-corrected chi connectivity index (χ4v) is 4.18. The lowest BCUT2D eigenvalue weighted by atomic mass is 9.77. The molecular weight excluding hydrogens is 252 g/mol. The predicted molar refractivity (Wildman–Crippen MR) is 77.0 cm³/mol. The van der Waals surface area contributed by atoms with Gasteiger partial charge in [0.05, 0.1) is 0 Å². The van der Waals surface area contributed by atoms with Crippen molar-refractivity contribution < 1.29 is 9.59 Å². The first kappa shape index (κ1) is 13.9. The highest BCUT2D eigenvalue weighted by Crippen LogP contribution is 2.36. The lowest BCUT2D eigenvalue weighted by Crippen LogP contribution is -2.68. The van der Waals surface area contributed by atoms with Gasteiger partial charge in [-0.2, -0.15) is 0 Å². The molecule has 3 rings (SSSR count). The molecule has 4 nitrogen and oxygen atoms in total. The van der Waals surface area contributed by atoms with Crippen molar-refractivity contribution in [2.45, 2.75) is 76.9 Å². The molecule has 2 amide bonds. The monoisotopic (exact) mass is 278 g/mol. The lowest BCUT2D eigenvalue weighted by molar-refractivity contribution is -0.156. The van der Waals surface area contributed by atoms with Gasteiger partial charge in [0, 0.05) is 6.04 Å². The van der Waals surface area contributed by atoms with Crippen molar-refractivity contribution in [3.8, 4) is 0 Å². The second-order valence-corrected chi connectivity index (χ2v) is 7.04. The Balaban J connectivity index is 1.75. The van der Waals surface area contributed by atoms with Crippen molar-refractivity contribution >= 4 is 11.8 Å². The molecule has 3 aliphatic rings. The van der Waals surface area contributed by atoms with Gasteiger partial charge in [-0.05, 0) is 44.4 Å². The number of amides is 2. The van der Waals surface area contributed by atoms with E-state index in [1.807, 2.05) is 11.8 Å². The van der Waals surface area contributed by atoms with Gasteiger partial charge in [0.1, 0.15) is 12.1 Å². The average molecular weight is 278 g/mol. The lowest BCUT2D eigenvalue weighted by Gasteiger charge is -2.49. The molecule has 20 heavy (non-hydrogen) atoms. The molecule has 2 unspecified atom stereocenters. The summed E-state index contributed by atoms with van der Waals surface area (Å²) in [6, 6.07) is -0.251. The van der Waals surface area contributed by atoms with Gasteiger partial charge in [-0.15, -0.1) is 0 Å². The van der Waals surface area contributed by atoms with Gasteiger partial charge >= 0.3 is 0 Å². The van der Waals surface area contributed by atoms with Crippen LogP contribution in [0.15, 0.2) is 0 Å². The van der Waals surface area contributed by atoms with Gasteiger partial charge in [-0.3, -0.25) is 9.59 Å². The fraction of sp³-hybridized carbons (Fsp3) is 0.875. The molecule has 2 saturated carbocycles. The van der Waals surface area contributed by atoms with Crippen LogP contribution in [-0.2, 0) is 9.59 Å². The summed E-state index contributed by atoms with van der Waals surface area (Å²) in [6.45, 7) is 4.08. The minimum absolute atomic E-state index is 0.0414. The van der Waals surface area contributed by atoms with Crippen LogP contribution in [0.1, 0.15) is 58.8 Å². The van der Waals surface area contributed by atoms with Crippen molar-refractivity contribution in [2.24, 2.45) is 11.8 Å². The molecule has 4 heteroatoms. The Morgan fingerprint density at radius 2 is 1.70 bits per heavy atom. The molecule has 2 atom stereocenters. The number of piperazine rings is 1. The number of nitrogens with one attached hydrogen (secondary N) is 1. The van der Waals surface area contributed by atoms with Crippen LogP contribution in [0.3, 0.4) is 0 Å². The molecule has 0 bridgehead atoms. The third-order valence-corrected chi connectivity index (χ3v) is 5.48. The van der Waals surface area contributed by atoms with Gasteiger partial charge in [-0.1, -0.05) is 26.2 Å². The molecule has 1 aliphatic heterocycles. The molecule has 0 aromatic heterocycles. The van der Waals surface area contributed by atoms with Gasteiger partial charge in [0.2, 0.25) is 11.8 Å². The van der Waals surface area contributed by atoms with Crippen LogP contribution in [0.25, 0.3) is 0 Å². The summed E-state index contributed by atoms with van der Waals surface area (Å²) >= 11 is 0. The standard InChI is InChI=1S/C16H26N2O2/c1-10-8-13(9-10)18-11(2)15(19)17-14(16(18)20)12-6-4-3-5-7-12/h10-14H,3-9H2,1-2H3,(H,17,19). The number of carbonyl (C=O) groups excluding carboxylic acids is 2. The topological polar surface area (TPSA) is 49.4 Å². The van der Waals surface area contributed by atoms with E-state index in [1.165, 1.54) is 19.3 Å². The first-order valence-electron chi connectivity index (χ1n) is 8.20. The zero-order chi connectivity index (χ0) is 14.3. The number of carbonyl (C=O) groups is 2. The highest BCUT2D eigenvalue weighted by Gasteiger charge is 2.46. The largest absolute Gasteiger partial charge is 0.342 e. The molecule has 0 aromatic carbocycles. The highest BCUT2D eigenvalue weighted by molar-refractivity contribution is 5.97. The van der Waals surface area contributed by atoms with Crippen LogP contribution in [0.2, 0.25) is 0 Å². The van der Waals surface area contributed by atoms with Crippen LogP contribution in [0.4, 0.5) is 0 Å². The molecule has 3 fully saturated rings. The van der Waals surface area contributed by atoms with Crippen LogP contribution in [-0.4, -0.2) is 34.8 Å². The van der Waals surface area contributed by atoms with Crippen LogP contribution < -0.4 is 5.32 Å². The van der Waals surface area contributed by atoms with Crippen LogP contribution in [0.5, 0.6) is 0 Å². The summed E-state index contributed by atoms with van der Waals surface area (Å²) in [5.74, 6) is 1.27. The van der Waals surface area contributed by atoms with E-state index in [0.29, 0.717) is 17.9 Å². The molecule has 112 valence electrons. The number of rotatable bonds is 2. The minimum atomic E-state index is -0.292. The summed E-state index contributed by atoms with van der Waals surface area (Å²) < 4.78 is 0. The van der Waals surface area contributed by atoms with E-state index in [1.54, 1.807) is 0 Å². The van der Waals surface area contributed by atoms with Gasteiger partial charge in [0.25, 0.3) is 0 Å². The SMILES string of the molecule is CC1CC(N2C(=O)C(C3CCCCC3)NC(=O)C2C)C1. The maximum absolute atomic E-state index is 12.8. The number of hydrogen-bond acceptors (Lipinski definition) is 2. The van der Waals surface area contributed by atoms with Gasteiger partial charge < -0.3 is 10.2 Å². The van der Waals surface area contributed by atoms with E-state index in [9.17, 15) is 9.59 Å². The molecule has 1 saturated heterocycles. The Hall–Kier alpha value is -1.06. The van der Waals surface area contributed by atoms with E-state index in [4.69, 9.17) is 0 Å². The van der Waals surface area contributed by atoms with E-state index < -0.39 is 0 Å². The molecule has 0 radical (unpaired) electrons. The van der Waals surface area contributed by atoms with Gasteiger partial charge in [0.15, 0.2) is 0 Å². The van der Waals surface area contributed by atoms with Crippen LogP contribution in [0, 0.1) is 11.8 Å². The smallest absolute Gasteiger partial charge is 0.246 e. The van der Waals surface area contributed by atoms with Crippen LogP contribution >= 0.6 is 0 Å². The van der Waals surface area contributed by atoms with Crippen molar-refractivity contribution in [1.82, 2.24) is 10.2 Å². The molecular formula is C16H26N2O2. The Morgan fingerprint density at radius 3 is 2.30 bits per heavy atom. The summed E-state index contributed by atoms with van der Waals surface area (Å²) in [4.78, 5) is 27.0. The highest BCUT2D eigenvalue weighted by atomic mass is 16.2. The second kappa shape index (κ2) is 5.38. The Kier molecular flexibility index (Phi) is 3.74. The fourth-order valence-electron chi connectivity index (χ4n) is 4.18. The van der Waals surface area contributed by atoms with E-state index >= 15 is 0 Å². The van der Waals surface area contributed by atoms with E-state index in [0.717, 1.165) is 25.7 Å². The first-order valence-corrected chi connectivity index (χ1v) is 8.20. The number of nitrogens with zero attached hydrogens (tertiary/aromatic N) is 1. The summed E-state index contributed by atoms with van der Waals surface area (Å²) in [6.07, 6.45) is 7.94. The Morgan fingerprint density at radius 1 is 1.05 bits per heavy atom. The molecule has 0 aromatic rings. The zero-order valence-corrected chi connectivity index (χ0v) is 12.6. The molecule has 2 aliphatic carbocycles. The first-order chi connectivity index (χ1) is 9.58. The maximum atomic E-state index is 12.8. The minimum Gasteiger partial charge on any atom is -0.342 e. The summed E-state index contributed by atoms with van der Waals surface area (Å²) in [5, 5.41) is 3.00.